The van der Waals surface area contributed by atoms with Crippen LogP contribution < -0.4 is 4.74 Å². The minimum atomic E-state index is -0.239. The van der Waals surface area contributed by atoms with Crippen LogP contribution in [0.5, 0.6) is 5.75 Å². The summed E-state index contributed by atoms with van der Waals surface area (Å²) in [5.74, 6) is 1.00. The molecule has 0 N–H and O–H groups in total. The molecule has 0 aromatic heterocycles. The van der Waals surface area contributed by atoms with Crippen LogP contribution in [0.2, 0.25) is 0 Å². The monoisotopic (exact) mass is 339 g/mol. The molecule has 0 bridgehead atoms. The van der Waals surface area contributed by atoms with Gasteiger partial charge in [0.1, 0.15) is 11.9 Å². The lowest BCUT2D eigenvalue weighted by atomic mass is 9.88. The third-order valence-corrected chi connectivity index (χ3v) is 4.61. The van der Waals surface area contributed by atoms with Gasteiger partial charge in [-0.1, -0.05) is 48.0 Å². The predicted molar refractivity (Wildman–Crippen MR) is 98.0 cm³/mol. The average molecular weight is 339 g/mol. The number of ether oxygens (including phenoxy) is 2. The number of benzene rings is 2. The van der Waals surface area contributed by atoms with Crippen LogP contribution in [0, 0.1) is 6.92 Å². The van der Waals surface area contributed by atoms with Crippen LogP contribution >= 0.6 is 0 Å². The van der Waals surface area contributed by atoms with Gasteiger partial charge in [0.15, 0.2) is 0 Å². The second-order valence-electron chi connectivity index (χ2n) is 6.42. The average Bonchev–Trinajstić information content (AvgIpc) is 2.65. The molecular formula is C21H25NO3. The first kappa shape index (κ1) is 17.3. The minimum absolute atomic E-state index is 0.0378. The summed E-state index contributed by atoms with van der Waals surface area (Å²) in [6, 6.07) is 18.4. The fraction of sp³-hybridized carbons (Fsp3) is 0.381. The molecule has 0 radical (unpaired) electrons. The van der Waals surface area contributed by atoms with E-state index in [1.54, 1.807) is 4.90 Å². The Bertz CT molecular complexity index is 684. The van der Waals surface area contributed by atoms with Crippen molar-refractivity contribution in [2.75, 3.05) is 19.7 Å². The Morgan fingerprint density at radius 2 is 1.84 bits per heavy atom. The molecule has 0 aliphatic carbocycles. The maximum atomic E-state index is 12.1. The van der Waals surface area contributed by atoms with E-state index < -0.39 is 0 Å². The van der Waals surface area contributed by atoms with Crippen LogP contribution in [0.4, 0.5) is 4.79 Å². The Hall–Kier alpha value is -2.49. The van der Waals surface area contributed by atoms with Crippen LogP contribution in [0.25, 0.3) is 0 Å². The fourth-order valence-electron chi connectivity index (χ4n) is 3.26. The second-order valence-corrected chi connectivity index (χ2v) is 6.42. The summed E-state index contributed by atoms with van der Waals surface area (Å²) in [7, 11) is 0. The zero-order chi connectivity index (χ0) is 17.6. The lowest BCUT2D eigenvalue weighted by Crippen LogP contribution is -2.47. The van der Waals surface area contributed by atoms with Crippen molar-refractivity contribution in [1.29, 1.82) is 0 Å². The van der Waals surface area contributed by atoms with Crippen molar-refractivity contribution in [3.63, 3.8) is 0 Å². The van der Waals surface area contributed by atoms with E-state index in [-0.39, 0.29) is 18.1 Å². The topological polar surface area (TPSA) is 38.8 Å². The van der Waals surface area contributed by atoms with E-state index in [0.717, 1.165) is 12.2 Å². The number of amides is 1. The molecule has 1 heterocycles. The number of hydrogen-bond acceptors (Lipinski definition) is 3. The number of nitrogens with zero attached hydrogens (tertiary/aromatic N) is 1. The van der Waals surface area contributed by atoms with Gasteiger partial charge in [-0.05, 0) is 31.5 Å². The molecule has 1 aliphatic rings. The van der Waals surface area contributed by atoms with Gasteiger partial charge >= 0.3 is 6.09 Å². The van der Waals surface area contributed by atoms with Crippen LogP contribution in [-0.4, -0.2) is 36.8 Å². The second kappa shape index (κ2) is 8.06. The summed E-state index contributed by atoms with van der Waals surface area (Å²) in [6.07, 6.45) is 0.583. The molecule has 0 spiro atoms. The molecule has 25 heavy (non-hydrogen) atoms. The fourth-order valence-corrected chi connectivity index (χ4v) is 3.26. The summed E-state index contributed by atoms with van der Waals surface area (Å²) in [5, 5.41) is 0. The summed E-state index contributed by atoms with van der Waals surface area (Å²) >= 11 is 0. The number of likely N-dealkylation sites (tertiary alicyclic amines) is 1. The molecule has 1 fully saturated rings. The van der Waals surface area contributed by atoms with E-state index in [0.29, 0.717) is 19.7 Å². The number of piperidine rings is 1. The van der Waals surface area contributed by atoms with Crippen LogP contribution in [0.15, 0.2) is 54.6 Å². The Balaban J connectivity index is 1.79. The molecule has 4 nitrogen and oxygen atoms in total. The quantitative estimate of drug-likeness (QED) is 0.829. The first-order chi connectivity index (χ1) is 12.2. The van der Waals surface area contributed by atoms with E-state index in [2.05, 4.69) is 31.2 Å². The van der Waals surface area contributed by atoms with E-state index in [1.807, 2.05) is 37.3 Å². The van der Waals surface area contributed by atoms with Crippen LogP contribution in [0.1, 0.15) is 30.4 Å². The number of carbonyl (C=O) groups is 1. The highest BCUT2D eigenvalue weighted by Crippen LogP contribution is 2.31. The van der Waals surface area contributed by atoms with Gasteiger partial charge in [0.2, 0.25) is 0 Å². The van der Waals surface area contributed by atoms with Gasteiger partial charge in [0.25, 0.3) is 0 Å². The first-order valence-electron chi connectivity index (χ1n) is 8.87. The highest BCUT2D eigenvalue weighted by atomic mass is 16.6. The van der Waals surface area contributed by atoms with Gasteiger partial charge in [0, 0.05) is 25.4 Å². The molecule has 2 aromatic rings. The molecule has 4 heteroatoms. The highest BCUT2D eigenvalue weighted by Gasteiger charge is 2.34. The predicted octanol–water partition coefficient (Wildman–Crippen LogP) is 4.39. The zero-order valence-electron chi connectivity index (χ0n) is 14.9. The molecule has 1 aliphatic heterocycles. The van der Waals surface area contributed by atoms with E-state index in [1.165, 1.54) is 11.1 Å². The van der Waals surface area contributed by atoms with E-state index >= 15 is 0 Å². The Kier molecular flexibility index (Phi) is 5.59. The van der Waals surface area contributed by atoms with Gasteiger partial charge in [0.05, 0.1) is 6.61 Å². The van der Waals surface area contributed by atoms with Crippen molar-refractivity contribution in [3.05, 3.63) is 65.7 Å². The minimum Gasteiger partial charge on any atom is -0.490 e. The van der Waals surface area contributed by atoms with Crippen molar-refractivity contribution in [1.82, 2.24) is 4.90 Å². The zero-order valence-corrected chi connectivity index (χ0v) is 14.9. The van der Waals surface area contributed by atoms with Gasteiger partial charge in [-0.2, -0.15) is 0 Å². The maximum Gasteiger partial charge on any atom is 0.409 e. The lowest BCUT2D eigenvalue weighted by molar-refractivity contribution is 0.0574. The molecule has 1 amide bonds. The van der Waals surface area contributed by atoms with Crippen molar-refractivity contribution in [2.24, 2.45) is 0 Å². The molecule has 0 saturated carbocycles. The molecule has 2 atom stereocenters. The van der Waals surface area contributed by atoms with E-state index in [4.69, 9.17) is 9.47 Å². The summed E-state index contributed by atoms with van der Waals surface area (Å²) < 4.78 is 11.5. The normalized spacial score (nSPS) is 20.2. The maximum absolute atomic E-state index is 12.1. The van der Waals surface area contributed by atoms with E-state index in [9.17, 15) is 4.79 Å². The Morgan fingerprint density at radius 3 is 2.52 bits per heavy atom. The van der Waals surface area contributed by atoms with Gasteiger partial charge in [-0.25, -0.2) is 4.79 Å². The lowest BCUT2D eigenvalue weighted by Gasteiger charge is -2.38. The Labute approximate surface area is 149 Å². The van der Waals surface area contributed by atoms with Crippen LogP contribution in [0.3, 0.4) is 0 Å². The van der Waals surface area contributed by atoms with Gasteiger partial charge < -0.3 is 14.4 Å². The molecule has 132 valence electrons. The van der Waals surface area contributed by atoms with Gasteiger partial charge in [-0.3, -0.25) is 0 Å². The van der Waals surface area contributed by atoms with Crippen LogP contribution in [-0.2, 0) is 4.74 Å². The molecule has 3 rings (SSSR count). The summed E-state index contributed by atoms with van der Waals surface area (Å²) in [5.41, 5.74) is 2.40. The standard InChI is InChI=1S/C21H25NO3/c1-3-24-21(23)22-14-13-20(25-18-11-9-16(2)10-12-18)19(15-22)17-7-5-4-6-8-17/h4-12,19-20H,3,13-15H2,1-2H3. The third kappa shape index (κ3) is 4.32. The summed E-state index contributed by atoms with van der Waals surface area (Å²) in [6.45, 7) is 5.56. The third-order valence-electron chi connectivity index (χ3n) is 4.61. The van der Waals surface area contributed by atoms with Gasteiger partial charge in [-0.15, -0.1) is 0 Å². The number of carbonyl (C=O) groups excluding carboxylic acids is 1. The highest BCUT2D eigenvalue weighted by molar-refractivity contribution is 5.68. The van der Waals surface area contributed by atoms with Crippen molar-refractivity contribution in [2.45, 2.75) is 32.3 Å². The van der Waals surface area contributed by atoms with Crippen molar-refractivity contribution >= 4 is 6.09 Å². The summed E-state index contributed by atoms with van der Waals surface area (Å²) in [4.78, 5) is 13.9. The molecule has 2 unspecified atom stereocenters. The van der Waals surface area contributed by atoms with Crippen molar-refractivity contribution in [3.8, 4) is 5.75 Å². The molecule has 1 saturated heterocycles. The first-order valence-corrected chi connectivity index (χ1v) is 8.87. The number of aryl methyl sites for hydroxylation is 1. The Morgan fingerprint density at radius 1 is 1.12 bits per heavy atom. The molecule has 2 aromatic carbocycles. The number of hydrogen-bond donors (Lipinski definition) is 0. The van der Waals surface area contributed by atoms with Crippen molar-refractivity contribution < 1.29 is 14.3 Å². The number of rotatable bonds is 4. The SMILES string of the molecule is CCOC(=O)N1CCC(Oc2ccc(C)cc2)C(c2ccccc2)C1. The largest absolute Gasteiger partial charge is 0.490 e. The molecular weight excluding hydrogens is 314 g/mol. The smallest absolute Gasteiger partial charge is 0.409 e.